The van der Waals surface area contributed by atoms with Crippen LogP contribution in [-0.4, -0.2) is 46.8 Å². The van der Waals surface area contributed by atoms with Crippen LogP contribution in [0.25, 0.3) is 0 Å². The number of carbonyl (C=O) groups is 1. The van der Waals surface area contributed by atoms with Crippen molar-refractivity contribution >= 4 is 6.03 Å². The van der Waals surface area contributed by atoms with E-state index in [-0.39, 0.29) is 6.03 Å². The van der Waals surface area contributed by atoms with Crippen LogP contribution in [0.2, 0.25) is 0 Å². The van der Waals surface area contributed by atoms with Crippen molar-refractivity contribution in [3.63, 3.8) is 0 Å². The molecule has 1 aromatic carbocycles. The molecule has 29 heavy (non-hydrogen) atoms. The largest absolute Gasteiger partial charge is 0.381 e. The van der Waals surface area contributed by atoms with Gasteiger partial charge in [-0.2, -0.15) is 0 Å². The first kappa shape index (κ1) is 20.0. The second kappa shape index (κ2) is 8.99. The maximum absolute atomic E-state index is 12.6. The Morgan fingerprint density at radius 3 is 2.48 bits per heavy atom. The highest BCUT2D eigenvalue weighted by molar-refractivity contribution is 5.74. The Kier molecular flexibility index (Phi) is 6.19. The Morgan fingerprint density at radius 1 is 1.10 bits per heavy atom. The molecule has 0 unspecified atom stereocenters. The van der Waals surface area contributed by atoms with Crippen molar-refractivity contribution in [1.82, 2.24) is 19.8 Å². The quantitative estimate of drug-likeness (QED) is 0.852. The van der Waals surface area contributed by atoms with E-state index in [2.05, 4.69) is 48.0 Å². The summed E-state index contributed by atoms with van der Waals surface area (Å²) in [5, 5.41) is 3.07. The fourth-order valence-corrected chi connectivity index (χ4v) is 4.52. The molecule has 3 heterocycles. The highest BCUT2D eigenvalue weighted by Gasteiger charge is 2.29. The first-order chi connectivity index (χ1) is 14.1. The minimum Gasteiger partial charge on any atom is -0.381 e. The summed E-state index contributed by atoms with van der Waals surface area (Å²) in [5.74, 6) is 1.71. The maximum atomic E-state index is 12.6. The number of aromatic nitrogens is 2. The van der Waals surface area contributed by atoms with Gasteiger partial charge in [0, 0.05) is 56.7 Å². The number of nitrogens with zero attached hydrogens (tertiary/aromatic N) is 3. The molecule has 2 amide bonds. The van der Waals surface area contributed by atoms with E-state index in [4.69, 9.17) is 9.72 Å². The van der Waals surface area contributed by atoms with E-state index >= 15 is 0 Å². The molecule has 0 radical (unpaired) electrons. The second-order valence-electron chi connectivity index (χ2n) is 8.38. The predicted octanol–water partition coefficient (Wildman–Crippen LogP) is 3.94. The number of amides is 2. The van der Waals surface area contributed by atoms with Crippen molar-refractivity contribution in [3.8, 4) is 0 Å². The van der Waals surface area contributed by atoms with Crippen LogP contribution in [0.3, 0.4) is 0 Å². The highest BCUT2D eigenvalue weighted by atomic mass is 16.5. The van der Waals surface area contributed by atoms with Gasteiger partial charge < -0.3 is 19.5 Å². The Bertz CT molecular complexity index is 816. The standard InChI is InChI=1S/C23H32N4O2/c1-17-3-5-19(6-4-17)16-25-23(28)26-11-7-21(8-12-26)27-18(2)15-24-22(27)20-9-13-29-14-10-20/h3-6,15,20-21H,7-14,16H2,1-2H3,(H,25,28). The van der Waals surface area contributed by atoms with Gasteiger partial charge in [0.2, 0.25) is 0 Å². The van der Waals surface area contributed by atoms with E-state index in [0.29, 0.717) is 18.5 Å². The zero-order valence-corrected chi connectivity index (χ0v) is 17.6. The number of nitrogens with one attached hydrogen (secondary N) is 1. The van der Waals surface area contributed by atoms with Crippen LogP contribution >= 0.6 is 0 Å². The first-order valence-electron chi connectivity index (χ1n) is 10.8. The Labute approximate surface area is 173 Å². The molecule has 2 fully saturated rings. The van der Waals surface area contributed by atoms with Crippen LogP contribution in [0.1, 0.15) is 60.3 Å². The molecule has 2 aromatic rings. The molecule has 2 saturated heterocycles. The van der Waals surface area contributed by atoms with Crippen LogP contribution in [0, 0.1) is 13.8 Å². The van der Waals surface area contributed by atoms with Crippen LogP contribution in [0.15, 0.2) is 30.5 Å². The van der Waals surface area contributed by atoms with Crippen LogP contribution in [0.5, 0.6) is 0 Å². The van der Waals surface area contributed by atoms with E-state index in [1.165, 1.54) is 17.1 Å². The van der Waals surface area contributed by atoms with Gasteiger partial charge in [-0.3, -0.25) is 0 Å². The number of likely N-dealkylation sites (tertiary alicyclic amines) is 1. The van der Waals surface area contributed by atoms with Crippen molar-refractivity contribution in [1.29, 1.82) is 0 Å². The number of urea groups is 1. The van der Waals surface area contributed by atoms with Crippen molar-refractivity contribution in [2.24, 2.45) is 0 Å². The summed E-state index contributed by atoms with van der Waals surface area (Å²) in [5.41, 5.74) is 3.60. The number of rotatable bonds is 4. The Hall–Kier alpha value is -2.34. The summed E-state index contributed by atoms with van der Waals surface area (Å²) >= 11 is 0. The molecule has 156 valence electrons. The van der Waals surface area contributed by atoms with Gasteiger partial charge in [0.1, 0.15) is 5.82 Å². The minimum atomic E-state index is 0.0380. The smallest absolute Gasteiger partial charge is 0.317 e. The van der Waals surface area contributed by atoms with Crippen molar-refractivity contribution < 1.29 is 9.53 Å². The third-order valence-electron chi connectivity index (χ3n) is 6.28. The van der Waals surface area contributed by atoms with Crippen LogP contribution in [-0.2, 0) is 11.3 Å². The third-order valence-corrected chi connectivity index (χ3v) is 6.28. The molecule has 4 rings (SSSR count). The average Bonchev–Trinajstić information content (AvgIpc) is 3.15. The molecule has 6 heteroatoms. The number of hydrogen-bond donors (Lipinski definition) is 1. The number of carbonyl (C=O) groups excluding carboxylic acids is 1. The molecule has 0 aliphatic carbocycles. The molecule has 1 N–H and O–H groups in total. The summed E-state index contributed by atoms with van der Waals surface area (Å²) in [6.45, 7) is 8.03. The van der Waals surface area contributed by atoms with Crippen LogP contribution in [0.4, 0.5) is 4.79 Å². The molecule has 2 aliphatic rings. The highest BCUT2D eigenvalue weighted by Crippen LogP contribution is 2.32. The van der Waals surface area contributed by atoms with Gasteiger partial charge >= 0.3 is 6.03 Å². The van der Waals surface area contributed by atoms with E-state index in [9.17, 15) is 4.79 Å². The third kappa shape index (κ3) is 4.64. The predicted molar refractivity (Wildman–Crippen MR) is 113 cm³/mol. The van der Waals surface area contributed by atoms with Gasteiger partial charge in [-0.1, -0.05) is 29.8 Å². The minimum absolute atomic E-state index is 0.0380. The summed E-state index contributed by atoms with van der Waals surface area (Å²) in [6.07, 6.45) is 6.07. The number of benzene rings is 1. The Balaban J connectivity index is 1.33. The second-order valence-corrected chi connectivity index (χ2v) is 8.38. The molecule has 0 saturated carbocycles. The summed E-state index contributed by atoms with van der Waals surface area (Å²) in [6, 6.07) is 8.77. The van der Waals surface area contributed by atoms with Gasteiger partial charge in [0.25, 0.3) is 0 Å². The number of aryl methyl sites for hydroxylation is 2. The first-order valence-corrected chi connectivity index (χ1v) is 10.8. The lowest BCUT2D eigenvalue weighted by atomic mass is 9.97. The monoisotopic (exact) mass is 396 g/mol. The molecule has 0 spiro atoms. The SMILES string of the molecule is Cc1ccc(CNC(=O)N2CCC(n3c(C)cnc3C3CCOCC3)CC2)cc1. The van der Waals surface area contributed by atoms with Gasteiger partial charge in [-0.25, -0.2) is 9.78 Å². The van der Waals surface area contributed by atoms with Gasteiger partial charge in [-0.05, 0) is 45.1 Å². The molecular weight excluding hydrogens is 364 g/mol. The normalized spacial score (nSPS) is 18.8. The average molecular weight is 397 g/mol. The van der Waals surface area contributed by atoms with Crippen molar-refractivity contribution in [2.75, 3.05) is 26.3 Å². The lowest BCUT2D eigenvalue weighted by Gasteiger charge is -2.35. The maximum Gasteiger partial charge on any atom is 0.317 e. The van der Waals surface area contributed by atoms with E-state index in [1.54, 1.807) is 0 Å². The molecule has 6 nitrogen and oxygen atoms in total. The lowest BCUT2D eigenvalue weighted by molar-refractivity contribution is 0.0817. The van der Waals surface area contributed by atoms with Crippen molar-refractivity contribution in [3.05, 3.63) is 53.1 Å². The number of hydrogen-bond acceptors (Lipinski definition) is 3. The number of ether oxygens (including phenoxy) is 1. The lowest BCUT2D eigenvalue weighted by Crippen LogP contribution is -2.44. The summed E-state index contributed by atoms with van der Waals surface area (Å²) < 4.78 is 7.97. The van der Waals surface area contributed by atoms with E-state index < -0.39 is 0 Å². The van der Waals surface area contributed by atoms with Gasteiger partial charge in [0.15, 0.2) is 0 Å². The van der Waals surface area contributed by atoms with Crippen LogP contribution < -0.4 is 5.32 Å². The summed E-state index contributed by atoms with van der Waals surface area (Å²) in [7, 11) is 0. The fourth-order valence-electron chi connectivity index (χ4n) is 4.52. The fraction of sp³-hybridized carbons (Fsp3) is 0.565. The number of imidazole rings is 1. The van der Waals surface area contributed by atoms with Gasteiger partial charge in [-0.15, -0.1) is 0 Å². The Morgan fingerprint density at radius 2 is 1.79 bits per heavy atom. The molecule has 0 atom stereocenters. The molecule has 2 aliphatic heterocycles. The molecular formula is C23H32N4O2. The van der Waals surface area contributed by atoms with Gasteiger partial charge in [0.05, 0.1) is 0 Å². The summed E-state index contributed by atoms with van der Waals surface area (Å²) in [4.78, 5) is 19.3. The topological polar surface area (TPSA) is 59.4 Å². The van der Waals surface area contributed by atoms with E-state index in [1.807, 2.05) is 11.1 Å². The zero-order chi connectivity index (χ0) is 20.2. The molecule has 1 aromatic heterocycles. The number of piperidine rings is 1. The van der Waals surface area contributed by atoms with E-state index in [0.717, 1.165) is 57.6 Å². The van der Waals surface area contributed by atoms with Crippen molar-refractivity contribution in [2.45, 2.75) is 58.0 Å². The zero-order valence-electron chi connectivity index (χ0n) is 17.6. The molecule has 0 bridgehead atoms.